The van der Waals surface area contributed by atoms with Crippen LogP contribution < -0.4 is 5.32 Å². The number of nitrogens with one attached hydrogen (secondary N) is 1. The summed E-state index contributed by atoms with van der Waals surface area (Å²) < 4.78 is 10.6. The molecule has 0 aromatic heterocycles. The van der Waals surface area contributed by atoms with Crippen LogP contribution >= 0.6 is 0 Å². The number of amides is 1. The quantitative estimate of drug-likeness (QED) is 0.318. The van der Waals surface area contributed by atoms with Gasteiger partial charge in [0.15, 0.2) is 6.61 Å². The van der Waals surface area contributed by atoms with E-state index in [1.54, 1.807) is 23.1 Å². The summed E-state index contributed by atoms with van der Waals surface area (Å²) in [5, 5.41) is 13.9. The lowest BCUT2D eigenvalue weighted by Crippen LogP contribution is -2.49. The van der Waals surface area contributed by atoms with Crippen molar-refractivity contribution in [2.45, 2.75) is 38.9 Å². The Morgan fingerprint density at radius 1 is 1.30 bits per heavy atom. The number of nitro benzene ring substituents is 1. The molecule has 0 saturated carbocycles. The number of carbonyl (C=O) groups excluding carboxylic acids is 2. The predicted molar refractivity (Wildman–Crippen MR) is 98.4 cm³/mol. The molecule has 2 rings (SSSR count). The zero-order chi connectivity index (χ0) is 19.8. The molecule has 27 heavy (non-hydrogen) atoms. The van der Waals surface area contributed by atoms with Crippen LogP contribution in [0.1, 0.15) is 26.7 Å². The smallest absolute Gasteiger partial charge is 0.306 e. The van der Waals surface area contributed by atoms with Gasteiger partial charge in [-0.3, -0.25) is 19.7 Å². The van der Waals surface area contributed by atoms with Gasteiger partial charge in [0, 0.05) is 32.1 Å². The molecule has 1 aromatic rings. The van der Waals surface area contributed by atoms with E-state index >= 15 is 0 Å². The molecule has 1 N–H and O–H groups in total. The van der Waals surface area contributed by atoms with Crippen LogP contribution in [0.5, 0.6) is 0 Å². The average Bonchev–Trinajstić information content (AvgIpc) is 2.62. The first kappa shape index (κ1) is 20.6. The van der Waals surface area contributed by atoms with E-state index in [1.165, 1.54) is 6.07 Å². The molecule has 1 aliphatic heterocycles. The number of hydrogen-bond acceptors (Lipinski definition) is 7. The molecule has 9 nitrogen and oxygen atoms in total. The summed E-state index contributed by atoms with van der Waals surface area (Å²) in [6.07, 6.45) is 0.477. The maximum Gasteiger partial charge on any atom is 0.306 e. The zero-order valence-corrected chi connectivity index (χ0v) is 15.6. The molecule has 1 aromatic carbocycles. The molecule has 1 aliphatic rings. The number of esters is 1. The van der Waals surface area contributed by atoms with Gasteiger partial charge in [-0.05, 0) is 26.3 Å². The Morgan fingerprint density at radius 3 is 2.63 bits per heavy atom. The van der Waals surface area contributed by atoms with E-state index in [1.807, 2.05) is 13.8 Å². The molecule has 148 valence electrons. The fraction of sp³-hybridized carbons (Fsp3) is 0.556. The summed E-state index contributed by atoms with van der Waals surface area (Å²) in [6, 6.07) is 6.31. The largest absolute Gasteiger partial charge is 0.456 e. The minimum atomic E-state index is -0.470. The molecule has 1 amide bonds. The molecule has 0 radical (unpaired) electrons. The predicted octanol–water partition coefficient (Wildman–Crippen LogP) is 1.97. The highest BCUT2D eigenvalue weighted by Gasteiger charge is 2.26. The van der Waals surface area contributed by atoms with Gasteiger partial charge < -0.3 is 19.7 Å². The summed E-state index contributed by atoms with van der Waals surface area (Å²) in [5.41, 5.74) is 0.390. The molecule has 0 spiro atoms. The van der Waals surface area contributed by atoms with E-state index in [9.17, 15) is 19.7 Å². The summed E-state index contributed by atoms with van der Waals surface area (Å²) in [4.78, 5) is 36.0. The lowest BCUT2D eigenvalue weighted by atomic mass is 10.2. The van der Waals surface area contributed by atoms with Crippen molar-refractivity contribution in [3.8, 4) is 0 Å². The van der Waals surface area contributed by atoms with Crippen LogP contribution in [-0.4, -0.2) is 60.1 Å². The van der Waals surface area contributed by atoms with Gasteiger partial charge in [0.1, 0.15) is 5.69 Å². The van der Waals surface area contributed by atoms with Crippen molar-refractivity contribution in [2.24, 2.45) is 0 Å². The van der Waals surface area contributed by atoms with Crippen LogP contribution in [0, 0.1) is 10.1 Å². The number of morpholine rings is 1. The highest BCUT2D eigenvalue weighted by molar-refractivity contribution is 5.80. The van der Waals surface area contributed by atoms with Gasteiger partial charge in [-0.2, -0.15) is 0 Å². The molecule has 0 bridgehead atoms. The fourth-order valence-electron chi connectivity index (χ4n) is 2.93. The molecular formula is C18H25N3O6. The molecular weight excluding hydrogens is 354 g/mol. The van der Waals surface area contributed by atoms with Crippen molar-refractivity contribution in [1.29, 1.82) is 0 Å². The van der Waals surface area contributed by atoms with E-state index in [2.05, 4.69) is 5.32 Å². The second kappa shape index (κ2) is 9.86. The van der Waals surface area contributed by atoms with Crippen molar-refractivity contribution in [2.75, 3.05) is 31.6 Å². The normalized spacial score (nSPS) is 19.4. The third-order valence-corrected chi connectivity index (χ3v) is 4.10. The minimum absolute atomic E-state index is 0.0142. The van der Waals surface area contributed by atoms with Crippen molar-refractivity contribution in [3.05, 3.63) is 34.4 Å². The van der Waals surface area contributed by atoms with E-state index in [4.69, 9.17) is 9.47 Å². The summed E-state index contributed by atoms with van der Waals surface area (Å²) in [7, 11) is 0. The second-order valence-corrected chi connectivity index (χ2v) is 6.52. The number of benzene rings is 1. The Hall–Kier alpha value is -2.68. The van der Waals surface area contributed by atoms with Crippen LogP contribution in [0.4, 0.5) is 11.4 Å². The van der Waals surface area contributed by atoms with Crippen molar-refractivity contribution >= 4 is 23.3 Å². The Kier molecular flexibility index (Phi) is 7.54. The van der Waals surface area contributed by atoms with Crippen molar-refractivity contribution in [1.82, 2.24) is 4.90 Å². The molecule has 1 saturated heterocycles. The maximum absolute atomic E-state index is 12.1. The molecule has 1 fully saturated rings. The minimum Gasteiger partial charge on any atom is -0.456 e. The standard InChI is InChI=1S/C18H25N3O6/c1-13-10-20(11-14(2)27-13)17(22)12-26-18(23)8-5-9-19-15-6-3-4-7-16(15)21(24)25/h3-4,6-7,13-14,19H,5,8-12H2,1-2H3/t13-,14-/m1/s1. The van der Waals surface area contributed by atoms with Gasteiger partial charge in [-0.15, -0.1) is 0 Å². The first-order valence-electron chi connectivity index (χ1n) is 8.93. The van der Waals surface area contributed by atoms with Gasteiger partial charge in [0.25, 0.3) is 11.6 Å². The Bertz CT molecular complexity index is 671. The second-order valence-electron chi connectivity index (χ2n) is 6.52. The Morgan fingerprint density at radius 2 is 1.96 bits per heavy atom. The van der Waals surface area contributed by atoms with Crippen LogP contribution in [0.25, 0.3) is 0 Å². The number of hydrogen-bond donors (Lipinski definition) is 1. The fourth-order valence-corrected chi connectivity index (χ4v) is 2.93. The molecule has 0 aliphatic carbocycles. The van der Waals surface area contributed by atoms with Gasteiger partial charge in [-0.25, -0.2) is 0 Å². The zero-order valence-electron chi connectivity index (χ0n) is 15.6. The van der Waals surface area contributed by atoms with Crippen LogP contribution in [0.3, 0.4) is 0 Å². The summed E-state index contributed by atoms with van der Waals surface area (Å²) in [6.45, 7) is 4.86. The lowest BCUT2D eigenvalue weighted by Gasteiger charge is -2.35. The summed E-state index contributed by atoms with van der Waals surface area (Å²) >= 11 is 0. The first-order valence-corrected chi connectivity index (χ1v) is 8.93. The number of para-hydroxylation sites is 2. The topological polar surface area (TPSA) is 111 Å². The number of carbonyl (C=O) groups is 2. The SMILES string of the molecule is C[C@@H]1CN(C(=O)COC(=O)CCCNc2ccccc2[N+](=O)[O-])C[C@@H](C)O1. The average molecular weight is 379 g/mol. The van der Waals surface area contributed by atoms with Crippen LogP contribution in [0.15, 0.2) is 24.3 Å². The third-order valence-electron chi connectivity index (χ3n) is 4.10. The number of rotatable bonds is 8. The molecule has 1 heterocycles. The van der Waals surface area contributed by atoms with Crippen LogP contribution in [0.2, 0.25) is 0 Å². The molecule has 9 heteroatoms. The van der Waals surface area contributed by atoms with Gasteiger partial charge in [0.05, 0.1) is 17.1 Å². The van der Waals surface area contributed by atoms with Gasteiger partial charge in [0.2, 0.25) is 0 Å². The van der Waals surface area contributed by atoms with Gasteiger partial charge in [-0.1, -0.05) is 12.1 Å². The highest BCUT2D eigenvalue weighted by Crippen LogP contribution is 2.23. The van der Waals surface area contributed by atoms with E-state index in [0.717, 1.165) is 0 Å². The number of ether oxygens (including phenoxy) is 2. The number of anilines is 1. The molecule has 0 unspecified atom stereocenters. The number of nitrogens with zero attached hydrogens (tertiary/aromatic N) is 2. The van der Waals surface area contributed by atoms with Gasteiger partial charge >= 0.3 is 5.97 Å². The Balaban J connectivity index is 1.67. The summed E-state index contributed by atoms with van der Waals surface area (Å²) in [5.74, 6) is -0.703. The monoisotopic (exact) mass is 379 g/mol. The van der Waals surface area contributed by atoms with E-state index in [0.29, 0.717) is 31.7 Å². The maximum atomic E-state index is 12.1. The third kappa shape index (κ3) is 6.52. The molecule has 2 atom stereocenters. The first-order chi connectivity index (χ1) is 12.9. The number of nitro groups is 1. The van der Waals surface area contributed by atoms with E-state index < -0.39 is 10.9 Å². The lowest BCUT2D eigenvalue weighted by molar-refractivity contribution is -0.384. The van der Waals surface area contributed by atoms with Crippen LogP contribution in [-0.2, 0) is 19.1 Å². The van der Waals surface area contributed by atoms with Crippen molar-refractivity contribution in [3.63, 3.8) is 0 Å². The van der Waals surface area contributed by atoms with Crippen molar-refractivity contribution < 1.29 is 24.0 Å². The van der Waals surface area contributed by atoms with E-state index in [-0.39, 0.29) is 36.8 Å². The highest BCUT2D eigenvalue weighted by atomic mass is 16.6. The Labute approximate surface area is 157 Å².